The van der Waals surface area contributed by atoms with Gasteiger partial charge in [0.2, 0.25) is 0 Å². The third-order valence-corrected chi connectivity index (χ3v) is 7.27. The quantitative estimate of drug-likeness (QED) is 0.337. The molecule has 0 aromatic heterocycles. The summed E-state index contributed by atoms with van der Waals surface area (Å²) in [7, 11) is 2.12. The molecule has 4 rings (SSSR count). The molecule has 5 nitrogen and oxygen atoms in total. The van der Waals surface area contributed by atoms with Crippen LogP contribution in [0.5, 0.6) is 0 Å². The lowest BCUT2D eigenvalue weighted by Crippen LogP contribution is -2.54. The van der Waals surface area contributed by atoms with Crippen molar-refractivity contribution in [3.05, 3.63) is 63.1 Å². The van der Waals surface area contributed by atoms with Crippen molar-refractivity contribution in [2.45, 2.75) is 45.6 Å². The fourth-order valence-electron chi connectivity index (χ4n) is 4.55. The number of carbonyl (C=O) groups is 2. The Morgan fingerprint density at radius 2 is 1.94 bits per heavy atom. The van der Waals surface area contributed by atoms with Crippen molar-refractivity contribution < 1.29 is 9.59 Å². The van der Waals surface area contributed by atoms with Gasteiger partial charge in [-0.25, -0.2) is 0 Å². The molecule has 0 radical (unpaired) electrons. The molecular formula is C25H26BrN3O2S. The number of rotatable bonds is 2. The first kappa shape index (κ1) is 22.7. The summed E-state index contributed by atoms with van der Waals surface area (Å²) in [4.78, 5) is 29.8. The first-order chi connectivity index (χ1) is 15.0. The van der Waals surface area contributed by atoms with Crippen LogP contribution in [0.15, 0.2) is 46.4 Å². The number of nitrogens with zero attached hydrogens (tertiary/aromatic N) is 2. The van der Waals surface area contributed by atoms with E-state index in [-0.39, 0.29) is 16.2 Å². The smallest absolute Gasteiger partial charge is 0.270 e. The average molecular weight is 512 g/mol. The van der Waals surface area contributed by atoms with Crippen molar-refractivity contribution >= 4 is 62.5 Å². The lowest BCUT2D eigenvalue weighted by atomic mass is 9.79. The van der Waals surface area contributed by atoms with E-state index in [0.717, 1.165) is 22.0 Å². The van der Waals surface area contributed by atoms with Crippen LogP contribution in [-0.2, 0) is 9.59 Å². The molecule has 1 fully saturated rings. The summed E-state index contributed by atoms with van der Waals surface area (Å²) >= 11 is 8.73. The third kappa shape index (κ3) is 3.88. The fraction of sp³-hybridized carbons (Fsp3) is 0.320. The molecule has 2 aliphatic rings. The monoisotopic (exact) mass is 511 g/mol. The minimum absolute atomic E-state index is 0.0677. The van der Waals surface area contributed by atoms with E-state index in [0.29, 0.717) is 11.6 Å². The second-order valence-electron chi connectivity index (χ2n) is 9.18. The van der Waals surface area contributed by atoms with Crippen LogP contribution in [0.3, 0.4) is 0 Å². The van der Waals surface area contributed by atoms with E-state index >= 15 is 0 Å². The molecule has 0 bridgehead atoms. The van der Waals surface area contributed by atoms with Crippen LogP contribution < -0.4 is 15.1 Å². The van der Waals surface area contributed by atoms with Crippen molar-refractivity contribution in [2.24, 2.45) is 0 Å². The number of anilines is 2. The molecule has 1 saturated heterocycles. The van der Waals surface area contributed by atoms with E-state index in [1.807, 2.05) is 19.1 Å². The third-order valence-electron chi connectivity index (χ3n) is 6.49. The van der Waals surface area contributed by atoms with Crippen LogP contribution in [0.4, 0.5) is 11.4 Å². The van der Waals surface area contributed by atoms with Gasteiger partial charge in [0.25, 0.3) is 11.8 Å². The summed E-state index contributed by atoms with van der Waals surface area (Å²) in [5.41, 5.74) is 5.04. The van der Waals surface area contributed by atoms with E-state index < -0.39 is 11.8 Å². The molecule has 1 atom stereocenters. The van der Waals surface area contributed by atoms with Gasteiger partial charge in [0, 0.05) is 22.7 Å². The molecule has 166 valence electrons. The van der Waals surface area contributed by atoms with Crippen LogP contribution in [0.2, 0.25) is 0 Å². The maximum atomic E-state index is 13.3. The van der Waals surface area contributed by atoms with Crippen LogP contribution >= 0.6 is 28.1 Å². The van der Waals surface area contributed by atoms with Gasteiger partial charge < -0.3 is 4.90 Å². The van der Waals surface area contributed by atoms with Gasteiger partial charge in [0.15, 0.2) is 5.11 Å². The second-order valence-corrected chi connectivity index (χ2v) is 10.5. The molecule has 32 heavy (non-hydrogen) atoms. The van der Waals surface area contributed by atoms with Crippen LogP contribution in [0.1, 0.15) is 49.8 Å². The standard InChI is InChI=1S/C25H26BrN3O2S/c1-14-9-21-19(15(2)13-25(3,4)28(21)5)10-16(14)11-20-22(30)27-24(32)29(23(20)31)18-8-6-7-17(26)12-18/h6-12,15H,13H2,1-5H3,(H,27,30,32)/b20-11+/t15-/m0/s1. The van der Waals surface area contributed by atoms with E-state index in [1.54, 1.807) is 18.2 Å². The summed E-state index contributed by atoms with van der Waals surface area (Å²) in [5.74, 6) is -0.537. The van der Waals surface area contributed by atoms with Gasteiger partial charge in [-0.3, -0.25) is 19.8 Å². The number of nitrogens with one attached hydrogen (secondary N) is 1. The molecule has 2 amide bonds. The van der Waals surface area contributed by atoms with Gasteiger partial charge in [0.1, 0.15) is 5.57 Å². The number of thiocarbonyl (C=S) groups is 1. The molecule has 2 aliphatic heterocycles. The van der Waals surface area contributed by atoms with E-state index in [4.69, 9.17) is 12.2 Å². The number of fused-ring (bicyclic) bond motifs is 1. The minimum Gasteiger partial charge on any atom is -0.369 e. The summed E-state index contributed by atoms with van der Waals surface area (Å²) in [6.07, 6.45) is 2.71. The molecular weight excluding hydrogens is 486 g/mol. The van der Waals surface area contributed by atoms with Crippen LogP contribution in [0, 0.1) is 6.92 Å². The zero-order valence-electron chi connectivity index (χ0n) is 18.8. The van der Waals surface area contributed by atoms with E-state index in [2.05, 4.69) is 66.1 Å². The molecule has 0 saturated carbocycles. The molecule has 2 aromatic carbocycles. The zero-order valence-corrected chi connectivity index (χ0v) is 21.2. The number of amides is 2. The number of hydrogen-bond donors (Lipinski definition) is 1. The van der Waals surface area contributed by atoms with Crippen molar-refractivity contribution in [3.8, 4) is 0 Å². The lowest BCUT2D eigenvalue weighted by Gasteiger charge is -2.45. The number of hydrogen-bond acceptors (Lipinski definition) is 4. The molecule has 0 unspecified atom stereocenters. The fourth-order valence-corrected chi connectivity index (χ4v) is 5.22. The van der Waals surface area contributed by atoms with Gasteiger partial charge in [0.05, 0.1) is 5.69 Å². The topological polar surface area (TPSA) is 52.7 Å². The van der Waals surface area contributed by atoms with Gasteiger partial charge in [-0.15, -0.1) is 0 Å². The van der Waals surface area contributed by atoms with Gasteiger partial charge >= 0.3 is 0 Å². The van der Waals surface area contributed by atoms with Crippen molar-refractivity contribution in [3.63, 3.8) is 0 Å². The Bertz CT molecular complexity index is 1190. The highest BCUT2D eigenvalue weighted by molar-refractivity contribution is 9.10. The molecule has 0 aliphatic carbocycles. The summed E-state index contributed by atoms with van der Waals surface area (Å²) in [5, 5.41) is 2.74. The maximum Gasteiger partial charge on any atom is 0.270 e. The Morgan fingerprint density at radius 3 is 2.62 bits per heavy atom. The predicted molar refractivity (Wildman–Crippen MR) is 137 cm³/mol. The van der Waals surface area contributed by atoms with Gasteiger partial charge in [-0.05, 0) is 98.4 Å². The largest absolute Gasteiger partial charge is 0.369 e. The van der Waals surface area contributed by atoms with Crippen molar-refractivity contribution in [1.82, 2.24) is 5.32 Å². The SMILES string of the molecule is Cc1cc2c(cc1/C=C1\C(=O)NC(=S)N(c3cccc(Br)c3)C1=O)[C@@H](C)CC(C)(C)N2C. The molecule has 7 heteroatoms. The Labute approximate surface area is 202 Å². The van der Waals surface area contributed by atoms with Gasteiger partial charge in [-0.1, -0.05) is 28.9 Å². The summed E-state index contributed by atoms with van der Waals surface area (Å²) < 4.78 is 0.819. The molecule has 2 aromatic rings. The molecule has 2 heterocycles. The van der Waals surface area contributed by atoms with Crippen LogP contribution in [0.25, 0.3) is 6.08 Å². The van der Waals surface area contributed by atoms with Crippen molar-refractivity contribution in [2.75, 3.05) is 16.8 Å². The number of benzene rings is 2. The highest BCUT2D eigenvalue weighted by Gasteiger charge is 2.36. The Balaban J connectivity index is 1.78. The minimum atomic E-state index is -0.477. The number of halogens is 1. The van der Waals surface area contributed by atoms with E-state index in [9.17, 15) is 9.59 Å². The first-order valence-corrected chi connectivity index (χ1v) is 11.7. The second kappa shape index (κ2) is 8.12. The highest BCUT2D eigenvalue weighted by atomic mass is 79.9. The lowest BCUT2D eigenvalue weighted by molar-refractivity contribution is -0.122. The highest BCUT2D eigenvalue weighted by Crippen LogP contribution is 2.43. The Morgan fingerprint density at radius 1 is 1.22 bits per heavy atom. The Kier molecular flexibility index (Phi) is 5.75. The number of carbonyl (C=O) groups excluding carboxylic acids is 2. The summed E-state index contributed by atoms with van der Waals surface area (Å²) in [6, 6.07) is 11.5. The molecule has 0 spiro atoms. The zero-order chi connectivity index (χ0) is 23.4. The predicted octanol–water partition coefficient (Wildman–Crippen LogP) is 5.31. The number of aryl methyl sites for hydroxylation is 1. The van der Waals surface area contributed by atoms with Gasteiger partial charge in [-0.2, -0.15) is 0 Å². The summed E-state index contributed by atoms with van der Waals surface area (Å²) in [6.45, 7) is 8.74. The first-order valence-electron chi connectivity index (χ1n) is 10.5. The van der Waals surface area contributed by atoms with Crippen molar-refractivity contribution in [1.29, 1.82) is 0 Å². The van der Waals surface area contributed by atoms with Crippen LogP contribution in [-0.4, -0.2) is 29.5 Å². The van der Waals surface area contributed by atoms with E-state index in [1.165, 1.54) is 16.2 Å². The Hall–Kier alpha value is -2.51. The maximum absolute atomic E-state index is 13.3. The average Bonchev–Trinajstić information content (AvgIpc) is 2.69. The normalized spacial score (nSPS) is 21.6. The molecule has 1 N–H and O–H groups in total.